The molecule has 0 spiro atoms. The third-order valence-corrected chi connectivity index (χ3v) is 3.41. The molecule has 0 unspecified atom stereocenters. The van der Waals surface area contributed by atoms with Gasteiger partial charge in [-0.1, -0.05) is 6.92 Å². The fraction of sp³-hybridized carbons (Fsp3) is 0.429. The van der Waals surface area contributed by atoms with Gasteiger partial charge in [0.2, 0.25) is 5.91 Å². The molecule has 1 amide bonds. The summed E-state index contributed by atoms with van der Waals surface area (Å²) < 4.78 is 0. The highest BCUT2D eigenvalue weighted by molar-refractivity contribution is 5.96. The molecule has 0 bridgehead atoms. The van der Waals surface area contributed by atoms with Crippen molar-refractivity contribution < 1.29 is 9.59 Å². The van der Waals surface area contributed by atoms with Gasteiger partial charge in [0.1, 0.15) is 0 Å². The average molecular weight is 246 g/mol. The molecule has 1 fully saturated rings. The minimum absolute atomic E-state index is 0.0254. The lowest BCUT2D eigenvalue weighted by Gasteiger charge is -2.14. The molecule has 96 valence electrons. The number of carbonyl (C=O) groups is 2. The predicted octanol–water partition coefficient (Wildman–Crippen LogP) is 1.68. The second-order valence-corrected chi connectivity index (χ2v) is 4.86. The zero-order valence-electron chi connectivity index (χ0n) is 10.7. The topological polar surface area (TPSA) is 58.2 Å². The van der Waals surface area contributed by atoms with Crippen LogP contribution in [0.2, 0.25) is 0 Å². The van der Waals surface area contributed by atoms with Gasteiger partial charge in [-0.25, -0.2) is 0 Å². The lowest BCUT2D eigenvalue weighted by Crippen LogP contribution is -2.27. The molecular weight excluding hydrogens is 228 g/mol. The van der Waals surface area contributed by atoms with Gasteiger partial charge in [-0.2, -0.15) is 0 Å². The molecular formula is C14H18N2O2. The Kier molecular flexibility index (Phi) is 3.77. The largest absolute Gasteiger partial charge is 0.326 e. The van der Waals surface area contributed by atoms with E-state index in [1.54, 1.807) is 24.3 Å². The van der Waals surface area contributed by atoms with Crippen molar-refractivity contribution in [2.24, 2.45) is 11.8 Å². The number of benzene rings is 1. The van der Waals surface area contributed by atoms with Crippen molar-refractivity contribution in [1.82, 2.24) is 5.32 Å². The minimum Gasteiger partial charge on any atom is -0.326 e. The molecule has 2 N–H and O–H groups in total. The fourth-order valence-electron chi connectivity index (χ4n) is 2.18. The van der Waals surface area contributed by atoms with Gasteiger partial charge in [0, 0.05) is 17.8 Å². The van der Waals surface area contributed by atoms with E-state index in [0.717, 1.165) is 18.8 Å². The van der Waals surface area contributed by atoms with Crippen molar-refractivity contribution in [2.75, 3.05) is 18.4 Å². The first-order valence-corrected chi connectivity index (χ1v) is 6.20. The van der Waals surface area contributed by atoms with E-state index in [0.29, 0.717) is 11.5 Å². The number of carbonyl (C=O) groups excluding carboxylic acids is 2. The second-order valence-electron chi connectivity index (χ2n) is 4.86. The van der Waals surface area contributed by atoms with Crippen LogP contribution in [0.4, 0.5) is 5.69 Å². The van der Waals surface area contributed by atoms with Crippen LogP contribution in [0.25, 0.3) is 0 Å². The number of rotatable bonds is 3. The lowest BCUT2D eigenvalue weighted by molar-refractivity contribution is -0.120. The number of hydrogen-bond acceptors (Lipinski definition) is 3. The van der Waals surface area contributed by atoms with Crippen molar-refractivity contribution in [1.29, 1.82) is 0 Å². The van der Waals surface area contributed by atoms with Gasteiger partial charge in [0.05, 0.1) is 5.92 Å². The summed E-state index contributed by atoms with van der Waals surface area (Å²) in [5.41, 5.74) is 1.40. The van der Waals surface area contributed by atoms with Crippen molar-refractivity contribution >= 4 is 17.4 Å². The summed E-state index contributed by atoms with van der Waals surface area (Å²) >= 11 is 0. The van der Waals surface area contributed by atoms with Crippen LogP contribution in [-0.2, 0) is 4.79 Å². The molecule has 1 heterocycles. The molecule has 0 saturated carbocycles. The maximum atomic E-state index is 12.0. The van der Waals surface area contributed by atoms with E-state index in [1.807, 2.05) is 0 Å². The third kappa shape index (κ3) is 2.76. The number of amides is 1. The van der Waals surface area contributed by atoms with Crippen LogP contribution in [0.3, 0.4) is 0 Å². The standard InChI is InChI=1S/C14H18N2O2/c1-9-7-15-8-13(9)14(18)16-12-5-3-11(4-6-12)10(2)17/h3-6,9,13,15H,7-8H2,1-2H3,(H,16,18)/t9-,13-/m1/s1. The summed E-state index contributed by atoms with van der Waals surface area (Å²) in [5, 5.41) is 6.10. The summed E-state index contributed by atoms with van der Waals surface area (Å²) in [7, 11) is 0. The highest BCUT2D eigenvalue weighted by atomic mass is 16.2. The van der Waals surface area contributed by atoms with Gasteiger partial charge in [-0.05, 0) is 43.7 Å². The maximum Gasteiger partial charge on any atom is 0.229 e. The SMILES string of the molecule is CC(=O)c1ccc(NC(=O)[C@@H]2CNC[C@H]2C)cc1. The Morgan fingerprint density at radius 3 is 2.39 bits per heavy atom. The maximum absolute atomic E-state index is 12.0. The molecule has 1 aliphatic rings. The highest BCUT2D eigenvalue weighted by Gasteiger charge is 2.29. The van der Waals surface area contributed by atoms with Crippen LogP contribution >= 0.6 is 0 Å². The van der Waals surface area contributed by atoms with E-state index < -0.39 is 0 Å². The zero-order chi connectivity index (χ0) is 13.1. The Labute approximate surface area is 107 Å². The first kappa shape index (κ1) is 12.8. The van der Waals surface area contributed by atoms with E-state index in [2.05, 4.69) is 17.6 Å². The van der Waals surface area contributed by atoms with Crippen molar-refractivity contribution in [3.05, 3.63) is 29.8 Å². The normalized spacial score (nSPS) is 22.8. The van der Waals surface area contributed by atoms with Gasteiger partial charge in [-0.15, -0.1) is 0 Å². The molecule has 18 heavy (non-hydrogen) atoms. The van der Waals surface area contributed by atoms with Gasteiger partial charge in [0.25, 0.3) is 0 Å². The first-order chi connectivity index (χ1) is 8.58. The first-order valence-electron chi connectivity index (χ1n) is 6.20. The summed E-state index contributed by atoms with van der Waals surface area (Å²) in [6, 6.07) is 6.99. The molecule has 0 radical (unpaired) electrons. The summed E-state index contributed by atoms with van der Waals surface area (Å²) in [6.07, 6.45) is 0. The number of anilines is 1. The van der Waals surface area contributed by atoms with Gasteiger partial charge in [-0.3, -0.25) is 9.59 Å². The molecule has 1 aliphatic heterocycles. The highest BCUT2D eigenvalue weighted by Crippen LogP contribution is 2.18. The van der Waals surface area contributed by atoms with Crippen LogP contribution in [0.1, 0.15) is 24.2 Å². The summed E-state index contributed by atoms with van der Waals surface area (Å²) in [5.74, 6) is 0.462. The smallest absolute Gasteiger partial charge is 0.229 e. The van der Waals surface area contributed by atoms with E-state index in [4.69, 9.17) is 0 Å². The molecule has 2 rings (SSSR count). The van der Waals surface area contributed by atoms with E-state index >= 15 is 0 Å². The van der Waals surface area contributed by atoms with Crippen LogP contribution in [0, 0.1) is 11.8 Å². The van der Waals surface area contributed by atoms with Crippen LogP contribution in [-0.4, -0.2) is 24.8 Å². The molecule has 1 aromatic rings. The third-order valence-electron chi connectivity index (χ3n) is 3.41. The van der Waals surface area contributed by atoms with Crippen LogP contribution in [0.5, 0.6) is 0 Å². The second kappa shape index (κ2) is 5.31. The van der Waals surface area contributed by atoms with Crippen molar-refractivity contribution in [3.63, 3.8) is 0 Å². The van der Waals surface area contributed by atoms with Crippen LogP contribution < -0.4 is 10.6 Å². The zero-order valence-corrected chi connectivity index (χ0v) is 10.7. The fourth-order valence-corrected chi connectivity index (χ4v) is 2.18. The van der Waals surface area contributed by atoms with Crippen molar-refractivity contribution in [2.45, 2.75) is 13.8 Å². The molecule has 0 aliphatic carbocycles. The molecule has 4 nitrogen and oxygen atoms in total. The van der Waals surface area contributed by atoms with E-state index in [9.17, 15) is 9.59 Å². The lowest BCUT2D eigenvalue weighted by atomic mass is 9.97. The summed E-state index contributed by atoms with van der Waals surface area (Å²) in [4.78, 5) is 23.2. The minimum atomic E-state index is 0.0254. The predicted molar refractivity (Wildman–Crippen MR) is 70.6 cm³/mol. The Morgan fingerprint density at radius 1 is 1.22 bits per heavy atom. The Bertz CT molecular complexity index is 453. The number of nitrogens with one attached hydrogen (secondary N) is 2. The molecule has 0 aromatic heterocycles. The van der Waals surface area contributed by atoms with Gasteiger partial charge in [0.15, 0.2) is 5.78 Å². The van der Waals surface area contributed by atoms with Gasteiger partial charge >= 0.3 is 0 Å². The Morgan fingerprint density at radius 2 is 1.89 bits per heavy atom. The number of hydrogen-bond donors (Lipinski definition) is 2. The number of ketones is 1. The molecule has 2 atom stereocenters. The molecule has 4 heteroatoms. The van der Waals surface area contributed by atoms with E-state index in [-0.39, 0.29) is 17.6 Å². The molecule has 1 saturated heterocycles. The summed E-state index contributed by atoms with van der Waals surface area (Å²) in [6.45, 7) is 5.22. The van der Waals surface area contributed by atoms with Crippen molar-refractivity contribution in [3.8, 4) is 0 Å². The monoisotopic (exact) mass is 246 g/mol. The van der Waals surface area contributed by atoms with E-state index in [1.165, 1.54) is 6.92 Å². The average Bonchev–Trinajstić information content (AvgIpc) is 2.76. The van der Waals surface area contributed by atoms with Crippen LogP contribution in [0.15, 0.2) is 24.3 Å². The Hall–Kier alpha value is -1.68. The number of Topliss-reactive ketones (excluding diaryl/α,β-unsaturated/α-hetero) is 1. The van der Waals surface area contributed by atoms with Gasteiger partial charge < -0.3 is 10.6 Å². The quantitative estimate of drug-likeness (QED) is 0.798. The molecule has 1 aromatic carbocycles. The Balaban J connectivity index is 2.00.